The minimum Gasteiger partial charge on any atom is -0.354 e. The van der Waals surface area contributed by atoms with Gasteiger partial charge in [0.1, 0.15) is 11.6 Å². The molecule has 26 heavy (non-hydrogen) atoms. The number of nitrogens with zero attached hydrogens (tertiary/aromatic N) is 5. The minimum absolute atomic E-state index is 0.189. The van der Waals surface area contributed by atoms with Gasteiger partial charge in [0.15, 0.2) is 21.3 Å². The van der Waals surface area contributed by atoms with Gasteiger partial charge in [0.2, 0.25) is 0 Å². The zero-order valence-electron chi connectivity index (χ0n) is 14.4. The second-order valence-electron chi connectivity index (χ2n) is 5.62. The quantitative estimate of drug-likeness (QED) is 0.655. The largest absolute Gasteiger partial charge is 0.394 e. The number of anilines is 1. The van der Waals surface area contributed by atoms with Gasteiger partial charge in [-0.25, -0.2) is 18.4 Å². The number of hydrogen-bond donors (Lipinski definition) is 2. The summed E-state index contributed by atoms with van der Waals surface area (Å²) in [5.74, 6) is 2.82. The molecule has 2 aromatic heterocycles. The number of hydrogen-bond acceptors (Lipinski definition) is 8. The average Bonchev–Trinajstić information content (AvgIpc) is 2.95. The van der Waals surface area contributed by atoms with E-state index in [0.29, 0.717) is 13.1 Å². The molecule has 3 rings (SSSR count). The summed E-state index contributed by atoms with van der Waals surface area (Å²) in [5, 5.41) is 4.44. The zero-order chi connectivity index (χ0) is 19.5. The maximum absolute atomic E-state index is 11.5. The summed E-state index contributed by atoms with van der Waals surface area (Å²) in [5.41, 5.74) is 0.780. The molecule has 1 saturated heterocycles. The van der Waals surface area contributed by atoms with Crippen LogP contribution in [0.1, 0.15) is 25.5 Å². The van der Waals surface area contributed by atoms with Crippen LogP contribution in [0.3, 0.4) is 0 Å². The summed E-state index contributed by atoms with van der Waals surface area (Å²) < 4.78 is 56.4. The summed E-state index contributed by atoms with van der Waals surface area (Å²) in [6.07, 6.45) is 1.53. The number of aryl methyl sites for hydroxylation is 2. The van der Waals surface area contributed by atoms with Gasteiger partial charge in [-0.1, -0.05) is 13.8 Å². The number of rotatable bonds is 3. The summed E-state index contributed by atoms with van der Waals surface area (Å²) in [7, 11) is -7.55. The molecule has 3 heterocycles. The second-order valence-corrected chi connectivity index (χ2v) is 8.82. The van der Waals surface area contributed by atoms with Crippen molar-refractivity contribution in [1.82, 2.24) is 19.6 Å². The van der Waals surface area contributed by atoms with Crippen LogP contribution in [0.25, 0.3) is 5.65 Å². The highest BCUT2D eigenvalue weighted by Gasteiger charge is 2.23. The lowest BCUT2D eigenvalue weighted by Crippen LogP contribution is -2.40. The van der Waals surface area contributed by atoms with Gasteiger partial charge >= 0.3 is 10.4 Å². The predicted molar refractivity (Wildman–Crippen MR) is 94.6 cm³/mol. The number of sulfone groups is 1. The Labute approximate surface area is 151 Å². The van der Waals surface area contributed by atoms with Gasteiger partial charge in [0.25, 0.3) is 0 Å². The Morgan fingerprint density at radius 2 is 1.69 bits per heavy atom. The first-order chi connectivity index (χ1) is 12.0. The Morgan fingerprint density at radius 3 is 2.19 bits per heavy atom. The first-order valence-corrected chi connectivity index (χ1v) is 11.1. The molecule has 0 amide bonds. The maximum atomic E-state index is 11.5. The lowest BCUT2D eigenvalue weighted by molar-refractivity contribution is 0.381. The van der Waals surface area contributed by atoms with E-state index in [1.807, 2.05) is 24.8 Å². The summed E-state index contributed by atoms with van der Waals surface area (Å²) in [6.45, 7) is 5.02. The van der Waals surface area contributed by atoms with Crippen LogP contribution in [-0.4, -0.2) is 70.1 Å². The Kier molecular flexibility index (Phi) is 6.16. The van der Waals surface area contributed by atoms with Crippen LogP contribution in [0.4, 0.5) is 5.82 Å². The highest BCUT2D eigenvalue weighted by molar-refractivity contribution is 7.91. The van der Waals surface area contributed by atoms with E-state index >= 15 is 0 Å². The zero-order valence-corrected chi connectivity index (χ0v) is 16.0. The Morgan fingerprint density at radius 1 is 1.12 bits per heavy atom. The minimum atomic E-state index is -4.67. The average molecular weight is 407 g/mol. The molecule has 0 aromatic carbocycles. The normalized spacial score (nSPS) is 17.0. The monoisotopic (exact) mass is 407 g/mol. The molecule has 0 atom stereocenters. The Hall–Kier alpha value is -1.83. The molecule has 2 N–H and O–H groups in total. The molecule has 0 aliphatic carbocycles. The van der Waals surface area contributed by atoms with Crippen LogP contribution < -0.4 is 4.90 Å². The van der Waals surface area contributed by atoms with E-state index in [0.717, 1.165) is 36.0 Å². The van der Waals surface area contributed by atoms with Gasteiger partial charge in [-0.05, 0) is 0 Å². The fourth-order valence-electron chi connectivity index (χ4n) is 2.46. The summed E-state index contributed by atoms with van der Waals surface area (Å²) >= 11 is 0. The van der Waals surface area contributed by atoms with Gasteiger partial charge in [0.05, 0.1) is 11.5 Å². The van der Waals surface area contributed by atoms with E-state index in [1.165, 1.54) is 0 Å². The van der Waals surface area contributed by atoms with Gasteiger partial charge in [-0.15, -0.1) is 5.10 Å². The Balaban J connectivity index is 0.000000431. The molecule has 13 heteroatoms. The highest BCUT2D eigenvalue weighted by Crippen LogP contribution is 2.18. The van der Waals surface area contributed by atoms with Crippen molar-refractivity contribution in [1.29, 1.82) is 0 Å². The first kappa shape index (κ1) is 20.5. The number of fused-ring (bicyclic) bond motifs is 1. The van der Waals surface area contributed by atoms with E-state index in [-0.39, 0.29) is 11.5 Å². The van der Waals surface area contributed by atoms with Crippen LogP contribution in [0.2, 0.25) is 0 Å². The van der Waals surface area contributed by atoms with Crippen molar-refractivity contribution in [2.45, 2.75) is 26.7 Å². The van der Waals surface area contributed by atoms with E-state index < -0.39 is 20.2 Å². The van der Waals surface area contributed by atoms with Gasteiger partial charge in [-0.3, -0.25) is 9.11 Å². The molecule has 1 aliphatic heterocycles. The molecule has 0 unspecified atom stereocenters. The van der Waals surface area contributed by atoms with Crippen molar-refractivity contribution >= 4 is 31.7 Å². The SMILES string of the molecule is CCc1nc2cc(N3CCS(=O)(=O)CC3)nc(CC)n2n1.O=S(=O)(O)O. The van der Waals surface area contributed by atoms with Crippen LogP contribution in [0.5, 0.6) is 0 Å². The number of aromatic nitrogens is 4. The van der Waals surface area contributed by atoms with Crippen molar-refractivity contribution in [2.75, 3.05) is 29.5 Å². The summed E-state index contributed by atoms with van der Waals surface area (Å²) in [6, 6.07) is 1.89. The molecule has 146 valence electrons. The van der Waals surface area contributed by atoms with Crippen LogP contribution in [-0.2, 0) is 33.1 Å². The third-order valence-electron chi connectivity index (χ3n) is 3.72. The molecule has 2 aromatic rings. The van der Waals surface area contributed by atoms with Crippen LogP contribution >= 0.6 is 0 Å². The topological polar surface area (TPSA) is 155 Å². The first-order valence-electron chi connectivity index (χ1n) is 7.93. The molecular formula is C13H21N5O6S2. The van der Waals surface area contributed by atoms with Gasteiger partial charge in [-0.2, -0.15) is 12.9 Å². The van der Waals surface area contributed by atoms with Crippen molar-refractivity contribution in [3.63, 3.8) is 0 Å². The van der Waals surface area contributed by atoms with Crippen molar-refractivity contribution in [3.05, 3.63) is 17.7 Å². The van der Waals surface area contributed by atoms with E-state index in [2.05, 4.69) is 15.1 Å². The van der Waals surface area contributed by atoms with Gasteiger partial charge in [0, 0.05) is 32.0 Å². The third-order valence-corrected chi connectivity index (χ3v) is 5.33. The smallest absolute Gasteiger partial charge is 0.354 e. The Bertz CT molecular complexity index is 964. The van der Waals surface area contributed by atoms with E-state index in [9.17, 15) is 8.42 Å². The molecule has 1 fully saturated rings. The lowest BCUT2D eigenvalue weighted by Gasteiger charge is -2.27. The molecule has 11 nitrogen and oxygen atoms in total. The molecule has 0 spiro atoms. The predicted octanol–water partition coefficient (Wildman–Crippen LogP) is -0.169. The maximum Gasteiger partial charge on any atom is 0.394 e. The molecular weight excluding hydrogens is 386 g/mol. The van der Waals surface area contributed by atoms with E-state index in [1.54, 1.807) is 4.52 Å². The van der Waals surface area contributed by atoms with Crippen molar-refractivity contribution in [3.8, 4) is 0 Å². The fourth-order valence-corrected chi connectivity index (χ4v) is 3.66. The molecule has 0 radical (unpaired) electrons. The van der Waals surface area contributed by atoms with Crippen LogP contribution in [0, 0.1) is 0 Å². The van der Waals surface area contributed by atoms with Crippen LogP contribution in [0.15, 0.2) is 6.07 Å². The third kappa shape index (κ3) is 5.59. The molecule has 0 bridgehead atoms. The molecule has 0 saturated carbocycles. The van der Waals surface area contributed by atoms with Crippen molar-refractivity contribution < 1.29 is 25.9 Å². The summed E-state index contributed by atoms with van der Waals surface area (Å²) in [4.78, 5) is 11.1. The fraction of sp³-hybridized carbons (Fsp3) is 0.615. The lowest BCUT2D eigenvalue weighted by atomic mass is 10.4. The second kappa shape index (κ2) is 7.82. The van der Waals surface area contributed by atoms with Crippen molar-refractivity contribution in [2.24, 2.45) is 0 Å². The van der Waals surface area contributed by atoms with E-state index in [4.69, 9.17) is 17.5 Å². The standard InChI is InChI=1S/C13H19N5O2S.H2O4S/c1-3-10-14-13-9-12(15-11(4-2)18(13)16-10)17-5-7-21(19,20)8-6-17;1-5(2,3)4/h9H,3-8H2,1-2H3;(H2,1,2,3,4). The van der Waals surface area contributed by atoms with Gasteiger partial charge < -0.3 is 4.90 Å². The highest BCUT2D eigenvalue weighted by atomic mass is 32.3. The molecule has 1 aliphatic rings.